The molecule has 0 saturated carbocycles. The van der Waals surface area contributed by atoms with Crippen LogP contribution in [0, 0.1) is 13.8 Å². The van der Waals surface area contributed by atoms with Crippen molar-refractivity contribution >= 4 is 11.6 Å². The molecule has 0 saturated heterocycles. The second kappa shape index (κ2) is 6.50. The lowest BCUT2D eigenvalue weighted by molar-refractivity contribution is 0.199. The summed E-state index contributed by atoms with van der Waals surface area (Å²) in [6.45, 7) is 8.76. The van der Waals surface area contributed by atoms with Gasteiger partial charge in [0.25, 0.3) is 0 Å². The van der Waals surface area contributed by atoms with Crippen molar-refractivity contribution in [3.8, 4) is 5.75 Å². The molecule has 4 nitrogen and oxygen atoms in total. The third kappa shape index (κ3) is 3.39. The quantitative estimate of drug-likeness (QED) is 0.913. The molecule has 21 heavy (non-hydrogen) atoms. The molecule has 1 N–H and O–H groups in total. The molecule has 0 fully saturated rings. The normalized spacial score (nSPS) is 12.5. The van der Waals surface area contributed by atoms with Crippen molar-refractivity contribution in [3.05, 3.63) is 45.7 Å². The summed E-state index contributed by atoms with van der Waals surface area (Å²) < 4.78 is 7.73. The van der Waals surface area contributed by atoms with E-state index >= 15 is 0 Å². The van der Waals surface area contributed by atoms with Crippen molar-refractivity contribution in [2.45, 2.75) is 47.0 Å². The number of benzene rings is 1. The molecule has 2 aromatic rings. The number of halogens is 1. The van der Waals surface area contributed by atoms with Gasteiger partial charge >= 0.3 is 0 Å². The van der Waals surface area contributed by atoms with Crippen LogP contribution in [0.1, 0.15) is 42.5 Å². The molecule has 0 aliphatic heterocycles. The maximum atomic E-state index is 9.58. The molecule has 1 aromatic heterocycles. The number of nitrogens with zero attached hydrogens (tertiary/aromatic N) is 2. The average Bonchev–Trinajstić information content (AvgIpc) is 2.72. The van der Waals surface area contributed by atoms with Gasteiger partial charge in [0, 0.05) is 6.54 Å². The van der Waals surface area contributed by atoms with Gasteiger partial charge in [0.2, 0.25) is 0 Å². The molecule has 1 heterocycles. The van der Waals surface area contributed by atoms with E-state index in [1.165, 1.54) is 0 Å². The molecule has 114 valence electrons. The van der Waals surface area contributed by atoms with E-state index in [9.17, 15) is 5.11 Å². The van der Waals surface area contributed by atoms with Crippen LogP contribution >= 0.6 is 11.6 Å². The smallest absolute Gasteiger partial charge is 0.131 e. The largest absolute Gasteiger partial charge is 0.487 e. The second-order valence-corrected chi connectivity index (χ2v) is 5.53. The maximum Gasteiger partial charge on any atom is 0.131 e. The summed E-state index contributed by atoms with van der Waals surface area (Å²) in [5.41, 5.74) is 3.57. The predicted molar refractivity (Wildman–Crippen MR) is 83.8 cm³/mol. The number of aliphatic hydroxyl groups excluding tert-OH is 1. The van der Waals surface area contributed by atoms with Gasteiger partial charge in [-0.25, -0.2) is 0 Å². The summed E-state index contributed by atoms with van der Waals surface area (Å²) in [5, 5.41) is 14.6. The fourth-order valence-corrected chi connectivity index (χ4v) is 2.44. The molecule has 2 rings (SSSR count). The van der Waals surface area contributed by atoms with Crippen LogP contribution in [0.25, 0.3) is 0 Å². The van der Waals surface area contributed by atoms with E-state index in [-0.39, 0.29) is 0 Å². The molecule has 0 aliphatic carbocycles. The van der Waals surface area contributed by atoms with Crippen molar-refractivity contribution < 1.29 is 9.84 Å². The Hall–Kier alpha value is -1.52. The van der Waals surface area contributed by atoms with Crippen molar-refractivity contribution in [1.29, 1.82) is 0 Å². The Bertz CT molecular complexity index is 635. The number of hydrogen-bond acceptors (Lipinski definition) is 3. The molecular formula is C16H21ClN2O2. The number of aromatic nitrogens is 2. The van der Waals surface area contributed by atoms with Gasteiger partial charge in [0.1, 0.15) is 12.4 Å². The highest BCUT2D eigenvalue weighted by molar-refractivity contribution is 6.31. The third-order valence-corrected chi connectivity index (χ3v) is 3.99. The van der Waals surface area contributed by atoms with Gasteiger partial charge in [0.15, 0.2) is 0 Å². The Morgan fingerprint density at radius 3 is 2.67 bits per heavy atom. The van der Waals surface area contributed by atoms with Gasteiger partial charge in [-0.3, -0.25) is 4.68 Å². The van der Waals surface area contributed by atoms with Gasteiger partial charge in [-0.15, -0.1) is 0 Å². The maximum absolute atomic E-state index is 9.58. The Morgan fingerprint density at radius 1 is 1.38 bits per heavy atom. The van der Waals surface area contributed by atoms with Gasteiger partial charge in [-0.05, 0) is 51.0 Å². The van der Waals surface area contributed by atoms with Crippen LogP contribution in [0.4, 0.5) is 0 Å². The van der Waals surface area contributed by atoms with Gasteiger partial charge in [-0.1, -0.05) is 17.7 Å². The Balaban J connectivity index is 2.17. The second-order valence-electron chi connectivity index (χ2n) is 5.15. The number of aryl methyl sites for hydroxylation is 3. The lowest BCUT2D eigenvalue weighted by Gasteiger charge is -2.13. The monoisotopic (exact) mass is 308 g/mol. The van der Waals surface area contributed by atoms with Gasteiger partial charge < -0.3 is 9.84 Å². The zero-order valence-electron chi connectivity index (χ0n) is 12.9. The summed E-state index contributed by atoms with van der Waals surface area (Å²) in [5.74, 6) is 0.789. The van der Waals surface area contributed by atoms with E-state index in [1.54, 1.807) is 6.92 Å². The SMILES string of the molecule is CCn1nc(C)c(Cl)c1COc1ccc([C@H](C)O)cc1C. The molecule has 5 heteroatoms. The molecular weight excluding hydrogens is 288 g/mol. The fraction of sp³-hybridized carbons (Fsp3) is 0.438. The molecule has 0 radical (unpaired) electrons. The summed E-state index contributed by atoms with van der Waals surface area (Å²) in [6.07, 6.45) is -0.476. The minimum atomic E-state index is -0.476. The van der Waals surface area contributed by atoms with E-state index in [1.807, 2.05) is 43.7 Å². The molecule has 0 aliphatic rings. The van der Waals surface area contributed by atoms with Crippen molar-refractivity contribution in [2.75, 3.05) is 0 Å². The average molecular weight is 309 g/mol. The fourth-order valence-electron chi connectivity index (χ4n) is 2.25. The predicted octanol–water partition coefficient (Wildman–Crippen LogP) is 3.81. The first-order valence-electron chi connectivity index (χ1n) is 7.07. The summed E-state index contributed by atoms with van der Waals surface area (Å²) in [4.78, 5) is 0. The van der Waals surface area contributed by atoms with E-state index < -0.39 is 6.10 Å². The standard InChI is InChI=1S/C16H21ClN2O2/c1-5-19-14(16(17)11(3)18-19)9-21-15-7-6-13(12(4)20)8-10(15)2/h6-8,12,20H,5,9H2,1-4H3/t12-/m0/s1. The Kier molecular flexibility index (Phi) is 4.91. The molecule has 0 amide bonds. The first-order chi connectivity index (χ1) is 9.93. The Morgan fingerprint density at radius 2 is 2.10 bits per heavy atom. The zero-order chi connectivity index (χ0) is 15.6. The molecule has 0 spiro atoms. The zero-order valence-corrected chi connectivity index (χ0v) is 13.6. The molecule has 0 unspecified atom stereocenters. The van der Waals surface area contributed by atoms with Crippen molar-refractivity contribution in [1.82, 2.24) is 9.78 Å². The van der Waals surface area contributed by atoms with Crippen LogP contribution in [0.5, 0.6) is 5.75 Å². The van der Waals surface area contributed by atoms with Gasteiger partial charge in [-0.2, -0.15) is 5.10 Å². The van der Waals surface area contributed by atoms with Crippen LogP contribution in [0.3, 0.4) is 0 Å². The molecule has 1 atom stereocenters. The Labute approximate surface area is 130 Å². The van der Waals surface area contributed by atoms with Crippen LogP contribution in [-0.4, -0.2) is 14.9 Å². The van der Waals surface area contributed by atoms with Crippen molar-refractivity contribution in [2.24, 2.45) is 0 Å². The van der Waals surface area contributed by atoms with Gasteiger partial charge in [0.05, 0.1) is 22.5 Å². The number of aliphatic hydroxyl groups is 1. The van der Waals surface area contributed by atoms with Crippen LogP contribution in [0.2, 0.25) is 5.02 Å². The lowest BCUT2D eigenvalue weighted by atomic mass is 10.1. The summed E-state index contributed by atoms with van der Waals surface area (Å²) in [7, 11) is 0. The first kappa shape index (κ1) is 15.9. The highest BCUT2D eigenvalue weighted by Gasteiger charge is 2.14. The topological polar surface area (TPSA) is 47.3 Å². The van der Waals surface area contributed by atoms with Crippen molar-refractivity contribution in [3.63, 3.8) is 0 Å². The number of ether oxygens (including phenoxy) is 1. The lowest BCUT2D eigenvalue weighted by Crippen LogP contribution is -2.07. The third-order valence-electron chi connectivity index (χ3n) is 3.50. The van der Waals surface area contributed by atoms with Crippen LogP contribution < -0.4 is 4.74 Å². The molecule has 0 bridgehead atoms. The van der Waals surface area contributed by atoms with E-state index in [2.05, 4.69) is 5.10 Å². The molecule has 1 aromatic carbocycles. The summed E-state index contributed by atoms with van der Waals surface area (Å²) >= 11 is 6.27. The van der Waals surface area contributed by atoms with Crippen LogP contribution in [-0.2, 0) is 13.2 Å². The highest BCUT2D eigenvalue weighted by Crippen LogP contribution is 2.26. The minimum absolute atomic E-state index is 0.377. The van der Waals surface area contributed by atoms with Crippen LogP contribution in [0.15, 0.2) is 18.2 Å². The first-order valence-corrected chi connectivity index (χ1v) is 7.45. The minimum Gasteiger partial charge on any atom is -0.487 e. The number of rotatable bonds is 5. The number of hydrogen-bond donors (Lipinski definition) is 1. The van der Waals surface area contributed by atoms with E-state index in [0.29, 0.717) is 11.6 Å². The summed E-state index contributed by atoms with van der Waals surface area (Å²) in [6, 6.07) is 5.69. The highest BCUT2D eigenvalue weighted by atomic mass is 35.5. The van der Waals surface area contributed by atoms with E-state index in [4.69, 9.17) is 16.3 Å². The van der Waals surface area contributed by atoms with E-state index in [0.717, 1.165) is 34.8 Å².